The average Bonchev–Trinajstić information content (AvgIpc) is 1.80. The van der Waals surface area contributed by atoms with Crippen LogP contribution >= 0.6 is 15.6 Å². The van der Waals surface area contributed by atoms with Crippen LogP contribution in [0.5, 0.6) is 0 Å². The van der Waals surface area contributed by atoms with E-state index in [0.29, 0.717) is 6.54 Å². The molecule has 0 bridgehead atoms. The molecule has 9 nitrogen and oxygen atoms in total. The molecule has 13 heteroatoms. The van der Waals surface area contributed by atoms with E-state index in [1.54, 1.807) is 0 Å². The molecule has 0 fully saturated rings. The molecule has 0 aromatic rings. The molecule has 0 unspecified atom stereocenters. The second-order valence-electron chi connectivity index (χ2n) is 1.53. The monoisotopic (exact) mass is 283 g/mol. The van der Waals surface area contributed by atoms with Crippen molar-refractivity contribution in [1.29, 1.82) is 0 Å². The smallest absolute Gasteiger partial charge is 0.789 e. The molecule has 0 aromatic carbocycles. The third-order valence-corrected chi connectivity index (χ3v) is 1.99. The Morgan fingerprint density at radius 2 is 1.47 bits per heavy atom. The molecule has 0 heterocycles. The van der Waals surface area contributed by atoms with E-state index in [4.69, 9.17) is 20.6 Å². The van der Waals surface area contributed by atoms with Crippen molar-refractivity contribution in [3.8, 4) is 0 Å². The fraction of sp³-hybridized carbons (Fsp3) is 1.00. The number of nitrogens with two attached hydrogens (primary N) is 1. The molecule has 0 aliphatic heterocycles. The zero-order chi connectivity index (χ0) is 11.1. The van der Waals surface area contributed by atoms with Crippen molar-refractivity contribution < 1.29 is 97.2 Å². The summed E-state index contributed by atoms with van der Waals surface area (Å²) in [6.45, 7) is 0.472. The van der Waals surface area contributed by atoms with Gasteiger partial charge in [0.15, 0.2) is 0 Å². The van der Waals surface area contributed by atoms with E-state index in [2.05, 4.69) is 4.31 Å². The Kier molecular flexibility index (Phi) is 21.8. The second-order valence-corrected chi connectivity index (χ2v) is 4.06. The third-order valence-electron chi connectivity index (χ3n) is 0.335. The number of hydrogen-bond donors (Lipinski definition) is 4. The van der Waals surface area contributed by atoms with Crippen molar-refractivity contribution >= 4 is 15.6 Å². The maximum absolute atomic E-state index is 9.55. The maximum atomic E-state index is 9.55. The number of aliphatic hydroxyl groups is 1. The van der Waals surface area contributed by atoms with Crippen LogP contribution in [0.1, 0.15) is 0 Å². The molecule has 0 spiro atoms. The van der Waals surface area contributed by atoms with Gasteiger partial charge in [-0.2, -0.15) is 0 Å². The van der Waals surface area contributed by atoms with Crippen LogP contribution in [0.15, 0.2) is 0 Å². The minimum Gasteiger partial charge on any atom is -0.789 e. The number of aliphatic hydroxyl groups excluding tert-OH is 1. The van der Waals surface area contributed by atoms with Crippen molar-refractivity contribution in [3.63, 3.8) is 0 Å². The fourth-order valence-corrected chi connectivity index (χ4v) is 1.17. The Morgan fingerprint density at radius 1 is 1.20 bits per heavy atom. The Balaban J connectivity index is -0.0000000883. The topological polar surface area (TPSA) is 176 Å². The first-order chi connectivity index (χ1) is 5.62. The first-order valence-electron chi connectivity index (χ1n) is 2.72. The van der Waals surface area contributed by atoms with Gasteiger partial charge in [-0.05, 0) is 0 Å². The predicted octanol–water partition coefficient (Wildman–Crippen LogP) is -9.13. The van der Waals surface area contributed by atoms with Crippen molar-refractivity contribution in [2.75, 3.05) is 13.2 Å². The van der Waals surface area contributed by atoms with Gasteiger partial charge < -0.3 is 35.0 Å². The summed E-state index contributed by atoms with van der Waals surface area (Å²) < 4.78 is 21.7. The maximum Gasteiger partial charge on any atom is 1.00 e. The van der Waals surface area contributed by atoms with Crippen molar-refractivity contribution in [2.45, 2.75) is 0 Å². The molecule has 0 amide bonds. The molecule has 0 saturated carbocycles. The van der Waals surface area contributed by atoms with Crippen LogP contribution in [0.2, 0.25) is 0 Å². The van der Waals surface area contributed by atoms with Crippen LogP contribution in [-0.2, 0) is 13.4 Å². The summed E-state index contributed by atoms with van der Waals surface area (Å²) in [6, 6.07) is 0. The molecule has 0 aromatic heterocycles. The second kappa shape index (κ2) is 12.6. The Morgan fingerprint density at radius 3 is 1.47 bits per heavy atom. The fourth-order valence-electron chi connectivity index (χ4n) is 0.130. The molecule has 0 atom stereocenters. The van der Waals surface area contributed by atoms with Gasteiger partial charge in [-0.1, -0.05) is 0 Å². The molecule has 0 rings (SSSR count). The zero-order valence-corrected chi connectivity index (χ0v) is 14.1. The van der Waals surface area contributed by atoms with E-state index in [-0.39, 0.29) is 65.7 Å². The molecule has 82 valence electrons. The molecule has 0 aliphatic rings. The average molecular weight is 283 g/mol. The van der Waals surface area contributed by atoms with Gasteiger partial charge >= 0.3 is 66.9 Å². The summed E-state index contributed by atoms with van der Waals surface area (Å²) in [7, 11) is -10.7. The molecule has 15 heavy (non-hydrogen) atoms. The van der Waals surface area contributed by atoms with Crippen LogP contribution in [-0.4, -0.2) is 28.0 Å². The van der Waals surface area contributed by atoms with Gasteiger partial charge in [0.2, 0.25) is 0 Å². The number of hydrogen-bond acceptors (Lipinski definition) is 7. The van der Waals surface area contributed by atoms with Gasteiger partial charge in [0.25, 0.3) is 0 Å². The van der Waals surface area contributed by atoms with Crippen LogP contribution in [0.3, 0.4) is 0 Å². The van der Waals surface area contributed by atoms with Gasteiger partial charge in [0.05, 0.1) is 14.4 Å². The number of rotatable bonds is 3. The standard InChI is InChI=1S/C2H7NO.2Na.H4O7P2/c3-1-2-4;;;1-8(2,3)7-9(4,5)6/h4H,1-3H2;;;(H2,1,2,3)(H2,4,5,6)/q;2*+1;/p-2. The predicted molar refractivity (Wildman–Crippen MR) is 36.9 cm³/mol. The first-order valence-corrected chi connectivity index (χ1v) is 5.71. The minimum absolute atomic E-state index is 0. The van der Waals surface area contributed by atoms with Crippen LogP contribution in [0, 0.1) is 0 Å². The van der Waals surface area contributed by atoms with Crippen LogP contribution < -0.4 is 74.6 Å². The Labute approximate surface area is 130 Å². The molecule has 0 saturated heterocycles. The van der Waals surface area contributed by atoms with Gasteiger partial charge in [-0.25, -0.2) is 4.57 Å². The summed E-state index contributed by atoms with van der Waals surface area (Å²) >= 11 is 0. The minimum atomic E-state index is -5.55. The van der Waals surface area contributed by atoms with Crippen molar-refractivity contribution in [1.82, 2.24) is 0 Å². The van der Waals surface area contributed by atoms with E-state index in [1.165, 1.54) is 0 Å². The first kappa shape index (κ1) is 25.9. The molecular formula is C2H9NNa2O8P2. The summed E-state index contributed by atoms with van der Waals surface area (Å²) in [4.78, 5) is 34.1. The molecule has 0 radical (unpaired) electrons. The SMILES string of the molecule is NCCO.O=P([O-])([O-])OP(=O)(O)O.[Na+].[Na+]. The van der Waals surface area contributed by atoms with E-state index in [1.807, 2.05) is 0 Å². The largest absolute Gasteiger partial charge is 1.00 e. The van der Waals surface area contributed by atoms with Crippen molar-refractivity contribution in [3.05, 3.63) is 0 Å². The quantitative estimate of drug-likeness (QED) is 0.289. The van der Waals surface area contributed by atoms with Crippen molar-refractivity contribution in [2.24, 2.45) is 5.73 Å². The van der Waals surface area contributed by atoms with Gasteiger partial charge in [-0.3, -0.25) is 4.31 Å². The summed E-state index contributed by atoms with van der Waals surface area (Å²) in [5.74, 6) is 0. The van der Waals surface area contributed by atoms with E-state index in [0.717, 1.165) is 0 Å². The number of phosphoric acid groups is 2. The van der Waals surface area contributed by atoms with Gasteiger partial charge in [0.1, 0.15) is 0 Å². The zero-order valence-electron chi connectivity index (χ0n) is 8.27. The van der Waals surface area contributed by atoms with Crippen LogP contribution in [0.25, 0.3) is 0 Å². The Bertz CT molecular complexity index is 191. The van der Waals surface area contributed by atoms with Gasteiger partial charge in [-0.15, -0.1) is 0 Å². The summed E-state index contributed by atoms with van der Waals surface area (Å²) in [5.41, 5.74) is 4.78. The molecular weight excluding hydrogens is 274 g/mol. The van der Waals surface area contributed by atoms with E-state index >= 15 is 0 Å². The normalized spacial score (nSPS) is 10.3. The summed E-state index contributed by atoms with van der Waals surface area (Å²) in [5, 5.41) is 7.75. The summed E-state index contributed by atoms with van der Waals surface area (Å²) in [6.07, 6.45) is 0. The molecule has 0 aliphatic carbocycles. The van der Waals surface area contributed by atoms with E-state index < -0.39 is 15.6 Å². The molecule has 5 N–H and O–H groups in total. The van der Waals surface area contributed by atoms with Gasteiger partial charge in [0, 0.05) is 6.54 Å². The van der Waals surface area contributed by atoms with E-state index in [9.17, 15) is 18.9 Å². The third kappa shape index (κ3) is 38.6. The van der Waals surface area contributed by atoms with Crippen LogP contribution in [0.4, 0.5) is 0 Å². The Hall–Kier alpha value is 2.18.